The maximum atomic E-state index is 14.5. The Morgan fingerprint density at radius 2 is 1.18 bits per heavy atom. The molecule has 1 aliphatic rings. The second kappa shape index (κ2) is 18.5. The Morgan fingerprint density at radius 3 is 1.68 bits per heavy atom. The highest BCUT2D eigenvalue weighted by Crippen LogP contribution is 2.39. The van der Waals surface area contributed by atoms with E-state index in [1.165, 1.54) is 12.1 Å². The molecule has 1 aliphatic heterocycles. The van der Waals surface area contributed by atoms with E-state index in [0.717, 1.165) is 45.1 Å². The minimum absolute atomic E-state index is 0.00523. The minimum Gasteiger partial charge on any atom is -0.399 e. The molecule has 2 aromatic heterocycles. The summed E-state index contributed by atoms with van der Waals surface area (Å²) in [7, 11) is -0.475. The molecular formula is C44H46BBrF4N6O4. The van der Waals surface area contributed by atoms with Crippen molar-refractivity contribution >= 4 is 61.7 Å². The highest BCUT2D eigenvalue weighted by molar-refractivity contribution is 9.10. The highest BCUT2D eigenvalue weighted by atomic mass is 79.9. The van der Waals surface area contributed by atoms with Crippen molar-refractivity contribution in [3.05, 3.63) is 111 Å². The number of anilines is 2. The van der Waals surface area contributed by atoms with E-state index in [4.69, 9.17) is 25.9 Å². The maximum absolute atomic E-state index is 14.5. The van der Waals surface area contributed by atoms with Crippen molar-refractivity contribution in [2.75, 3.05) is 24.7 Å². The van der Waals surface area contributed by atoms with Gasteiger partial charge in [0.15, 0.2) is 11.6 Å². The highest BCUT2D eigenvalue weighted by Gasteiger charge is 2.52. The van der Waals surface area contributed by atoms with E-state index in [1.807, 2.05) is 70.5 Å². The van der Waals surface area contributed by atoms with E-state index < -0.39 is 41.6 Å². The summed E-state index contributed by atoms with van der Waals surface area (Å²) in [6, 6.07) is 16.3. The number of nitrogens with two attached hydrogens (primary N) is 2. The Bertz CT molecular complexity index is 2610. The number of nitriles is 2. The summed E-state index contributed by atoms with van der Waals surface area (Å²) in [4.78, 5) is 0. The molecule has 0 aliphatic carbocycles. The fourth-order valence-electron chi connectivity index (χ4n) is 6.72. The largest absolute Gasteiger partial charge is 0.497 e. The van der Waals surface area contributed by atoms with Gasteiger partial charge in [-0.2, -0.15) is 10.5 Å². The van der Waals surface area contributed by atoms with Gasteiger partial charge in [-0.15, -0.1) is 0 Å². The Kier molecular flexibility index (Phi) is 14.1. The van der Waals surface area contributed by atoms with Crippen LogP contribution in [-0.4, -0.2) is 50.9 Å². The molecule has 0 radical (unpaired) electrons. The molecule has 0 amide bonds. The monoisotopic (exact) mass is 888 g/mol. The number of benzene rings is 4. The van der Waals surface area contributed by atoms with Crippen LogP contribution < -0.4 is 16.9 Å². The molecule has 16 heteroatoms. The van der Waals surface area contributed by atoms with Crippen LogP contribution in [0.2, 0.25) is 0 Å². The predicted molar refractivity (Wildman–Crippen MR) is 230 cm³/mol. The number of nitrogen functional groups attached to an aromatic ring is 2. The van der Waals surface area contributed by atoms with E-state index in [1.54, 1.807) is 12.3 Å². The van der Waals surface area contributed by atoms with E-state index in [0.29, 0.717) is 48.0 Å². The zero-order valence-electron chi connectivity index (χ0n) is 34.1. The van der Waals surface area contributed by atoms with Gasteiger partial charge >= 0.3 is 7.12 Å². The van der Waals surface area contributed by atoms with Gasteiger partial charge in [0.05, 0.1) is 55.9 Å². The second-order valence-corrected chi connectivity index (χ2v) is 16.2. The Morgan fingerprint density at radius 1 is 0.717 bits per heavy atom. The van der Waals surface area contributed by atoms with Gasteiger partial charge in [0.1, 0.15) is 11.6 Å². The van der Waals surface area contributed by atoms with E-state index in [9.17, 15) is 33.2 Å². The van der Waals surface area contributed by atoms with Crippen molar-refractivity contribution in [2.24, 2.45) is 0 Å². The van der Waals surface area contributed by atoms with Crippen LogP contribution in [0.1, 0.15) is 62.8 Å². The minimum atomic E-state index is -0.819. The molecule has 0 bridgehead atoms. The Hall–Kier alpha value is -5.36. The van der Waals surface area contributed by atoms with Gasteiger partial charge in [-0.05, 0) is 130 Å². The first kappa shape index (κ1) is 45.7. The summed E-state index contributed by atoms with van der Waals surface area (Å²) in [5.74, 6) is -2.93. The number of aliphatic hydroxyl groups excluding tert-OH is 2. The maximum Gasteiger partial charge on any atom is 0.497 e. The third kappa shape index (κ3) is 9.18. The van der Waals surface area contributed by atoms with Gasteiger partial charge < -0.3 is 40.1 Å². The average Bonchev–Trinajstić information content (AvgIpc) is 3.81. The lowest BCUT2D eigenvalue weighted by molar-refractivity contribution is 0.00578. The summed E-state index contributed by atoms with van der Waals surface area (Å²) in [6.07, 6.45) is 4.85. The van der Waals surface area contributed by atoms with Gasteiger partial charge in [-0.1, -0.05) is 0 Å². The number of rotatable bonds is 8. The summed E-state index contributed by atoms with van der Waals surface area (Å²) in [5.41, 5.74) is 15.4. The first-order valence-electron chi connectivity index (χ1n) is 19.1. The Labute approximate surface area is 354 Å². The summed E-state index contributed by atoms with van der Waals surface area (Å²) in [5, 5.41) is 38.5. The van der Waals surface area contributed by atoms with Crippen molar-refractivity contribution in [2.45, 2.75) is 78.7 Å². The molecule has 0 atom stereocenters. The van der Waals surface area contributed by atoms with Crippen LogP contribution in [0.15, 0.2) is 65.4 Å². The average molecular weight is 890 g/mol. The molecular weight excluding hydrogens is 843 g/mol. The summed E-state index contributed by atoms with van der Waals surface area (Å²) < 4.78 is 70.0. The number of fused-ring (bicyclic) bond motifs is 2. The standard InChI is InChI=1S/C19H25BN2O3.C19H17F2N3O.C6H4BrF2N/c1-13-9-17-15(10-14(13)11-21)16(12-22(17)7-6-8-23)20-24-18(2,3)19(4,5)25-20;1-11-7-17-13(8-12(11)9-22)14(10-24(17)5-2-6-25)18-15(20)3-4-16(23)19(18)21;7-5-3(8)1-2-4(10)6(5)9/h9-10,12,23H,6-8H2,1-5H3;3-4,7-8,10,25H,2,5-6,23H2,1H3;1-2H,10H2. The van der Waals surface area contributed by atoms with Crippen LogP contribution >= 0.6 is 15.9 Å². The fourth-order valence-corrected chi connectivity index (χ4v) is 7.08. The smallest absolute Gasteiger partial charge is 0.399 e. The molecule has 1 fully saturated rings. The number of hydrogen-bond acceptors (Lipinski definition) is 8. The lowest BCUT2D eigenvalue weighted by atomic mass is 9.78. The van der Waals surface area contributed by atoms with Crippen LogP contribution in [0.4, 0.5) is 28.9 Å². The second-order valence-electron chi connectivity index (χ2n) is 15.4. The van der Waals surface area contributed by atoms with E-state index in [2.05, 4.69) is 32.6 Å². The van der Waals surface area contributed by atoms with E-state index in [-0.39, 0.29) is 34.6 Å². The summed E-state index contributed by atoms with van der Waals surface area (Å²) >= 11 is 2.70. The zero-order chi connectivity index (χ0) is 44.3. The molecule has 7 rings (SSSR count). The molecule has 1 saturated heterocycles. The first-order valence-corrected chi connectivity index (χ1v) is 19.9. The topological polar surface area (TPSA) is 168 Å². The number of hydrogen-bond donors (Lipinski definition) is 4. The number of aliphatic hydroxyl groups is 2. The third-order valence-corrected chi connectivity index (χ3v) is 11.5. The third-order valence-electron chi connectivity index (χ3n) is 10.8. The van der Waals surface area contributed by atoms with Gasteiger partial charge in [0.2, 0.25) is 0 Å². The van der Waals surface area contributed by atoms with Crippen LogP contribution in [0.25, 0.3) is 32.9 Å². The van der Waals surface area contributed by atoms with Crippen molar-refractivity contribution in [3.63, 3.8) is 0 Å². The first-order chi connectivity index (χ1) is 28.3. The van der Waals surface area contributed by atoms with Crippen molar-refractivity contribution in [1.82, 2.24) is 9.13 Å². The van der Waals surface area contributed by atoms with Gasteiger partial charge in [-0.25, -0.2) is 17.6 Å². The molecule has 6 N–H and O–H groups in total. The molecule has 60 heavy (non-hydrogen) atoms. The fraction of sp³-hybridized carbons (Fsp3) is 0.318. The molecule has 4 aromatic carbocycles. The van der Waals surface area contributed by atoms with Crippen molar-refractivity contribution in [1.29, 1.82) is 10.5 Å². The van der Waals surface area contributed by atoms with Crippen LogP contribution in [0, 0.1) is 59.8 Å². The van der Waals surface area contributed by atoms with Crippen LogP contribution in [0.3, 0.4) is 0 Å². The summed E-state index contributed by atoms with van der Waals surface area (Å²) in [6.45, 7) is 13.2. The lowest BCUT2D eigenvalue weighted by Gasteiger charge is -2.32. The molecule has 0 spiro atoms. The predicted octanol–water partition coefficient (Wildman–Crippen LogP) is 8.54. The normalized spacial score (nSPS) is 14.0. The van der Waals surface area contributed by atoms with Crippen molar-refractivity contribution < 1.29 is 37.1 Å². The number of nitrogens with zero attached hydrogens (tertiary/aromatic N) is 4. The quantitative estimate of drug-likeness (QED) is 0.0511. The molecule has 10 nitrogen and oxygen atoms in total. The molecule has 0 unspecified atom stereocenters. The number of halogens is 5. The van der Waals surface area contributed by atoms with Crippen LogP contribution in [0.5, 0.6) is 0 Å². The number of aryl methyl sites for hydroxylation is 4. The number of aromatic nitrogens is 2. The Balaban J connectivity index is 0.000000186. The molecule has 0 saturated carbocycles. The molecule has 3 heterocycles. The van der Waals surface area contributed by atoms with Gasteiger partial charge in [-0.3, -0.25) is 0 Å². The lowest BCUT2D eigenvalue weighted by Crippen LogP contribution is -2.41. The molecule has 6 aromatic rings. The van der Waals surface area contributed by atoms with Crippen molar-refractivity contribution in [3.8, 4) is 23.3 Å². The zero-order valence-corrected chi connectivity index (χ0v) is 35.7. The van der Waals surface area contributed by atoms with Crippen LogP contribution in [-0.2, 0) is 22.4 Å². The van der Waals surface area contributed by atoms with Gasteiger partial charge in [0, 0.05) is 71.5 Å². The molecule has 314 valence electrons. The SMILES string of the molecule is Cc1cc2c(cc1C#N)c(-c1c(F)ccc(N)c1F)cn2CCCO.Cc1cc2c(cc1C#N)c(B1OC(C)(C)C(C)(C)O1)cn2CCCO.Nc1ccc(F)c(Br)c1F. The van der Waals surface area contributed by atoms with E-state index >= 15 is 0 Å². The van der Waals surface area contributed by atoms with Gasteiger partial charge in [0.25, 0.3) is 0 Å².